The van der Waals surface area contributed by atoms with E-state index in [2.05, 4.69) is 34.1 Å². The van der Waals surface area contributed by atoms with Crippen LogP contribution >= 0.6 is 0 Å². The van der Waals surface area contributed by atoms with Crippen LogP contribution in [0.25, 0.3) is 0 Å². The van der Waals surface area contributed by atoms with Crippen LogP contribution in [0.4, 0.5) is 0 Å². The minimum absolute atomic E-state index is 0.740. The largest absolute Gasteiger partial charge is 0.493 e. The summed E-state index contributed by atoms with van der Waals surface area (Å²) in [4.78, 5) is 5.31. The minimum atomic E-state index is 0.740. The summed E-state index contributed by atoms with van der Waals surface area (Å²) in [5, 5.41) is 0. The molecule has 2 aliphatic heterocycles. The molecular weight excluding hydrogens is 428 g/mol. The second-order valence-corrected chi connectivity index (χ2v) is 9.52. The molecule has 0 radical (unpaired) electrons. The molecule has 2 heterocycles. The van der Waals surface area contributed by atoms with E-state index in [9.17, 15) is 0 Å². The summed E-state index contributed by atoms with van der Waals surface area (Å²) < 4.78 is 21.9. The van der Waals surface area contributed by atoms with Crippen molar-refractivity contribution in [1.82, 2.24) is 9.80 Å². The van der Waals surface area contributed by atoms with Gasteiger partial charge in [-0.05, 0) is 85.5 Å². The van der Waals surface area contributed by atoms with Gasteiger partial charge in [0.25, 0.3) is 0 Å². The second-order valence-electron chi connectivity index (χ2n) is 9.52. The van der Waals surface area contributed by atoms with Crippen molar-refractivity contribution in [2.24, 2.45) is 5.92 Å². The molecule has 0 amide bonds. The van der Waals surface area contributed by atoms with Crippen LogP contribution in [0.1, 0.15) is 29.5 Å². The quantitative estimate of drug-likeness (QED) is 0.553. The van der Waals surface area contributed by atoms with Gasteiger partial charge in [0.1, 0.15) is 0 Å². The summed E-state index contributed by atoms with van der Waals surface area (Å²) in [6.45, 7) is 6.91. The van der Waals surface area contributed by atoms with Gasteiger partial charge in [-0.1, -0.05) is 6.07 Å². The lowest BCUT2D eigenvalue weighted by Crippen LogP contribution is -2.42. The average Bonchev–Trinajstić information content (AvgIpc) is 3.08. The Morgan fingerprint density at radius 1 is 0.735 bits per heavy atom. The van der Waals surface area contributed by atoms with Crippen molar-refractivity contribution in [2.75, 3.05) is 67.7 Å². The molecule has 2 aliphatic rings. The summed E-state index contributed by atoms with van der Waals surface area (Å²) in [5.41, 5.74) is 4.11. The second kappa shape index (κ2) is 11.8. The van der Waals surface area contributed by atoms with Crippen molar-refractivity contribution < 1.29 is 18.9 Å². The molecule has 1 unspecified atom stereocenters. The maximum Gasteiger partial charge on any atom is 0.161 e. The van der Waals surface area contributed by atoms with E-state index in [1.165, 1.54) is 49.2 Å². The molecule has 0 aliphatic carbocycles. The monoisotopic (exact) mass is 468 g/mol. The smallest absolute Gasteiger partial charge is 0.161 e. The average molecular weight is 469 g/mol. The lowest BCUT2D eigenvalue weighted by molar-refractivity contribution is 0.135. The first-order chi connectivity index (χ1) is 16.6. The zero-order valence-corrected chi connectivity index (χ0v) is 21.3. The molecule has 0 saturated carbocycles. The van der Waals surface area contributed by atoms with E-state index in [0.717, 1.165) is 67.8 Å². The predicted molar refractivity (Wildman–Crippen MR) is 136 cm³/mol. The fourth-order valence-electron chi connectivity index (χ4n) is 5.47. The fraction of sp³-hybridized carbons (Fsp3) is 0.571. The molecule has 6 nitrogen and oxygen atoms in total. The SMILES string of the molecule is COc1ccc(CCN2CCCC(CN3CCc4cc(OC)c(OC)cc4CC3)C2)cc1OC. The lowest BCUT2D eigenvalue weighted by Gasteiger charge is -2.35. The van der Waals surface area contributed by atoms with Crippen molar-refractivity contribution in [3.8, 4) is 23.0 Å². The third-order valence-electron chi connectivity index (χ3n) is 7.38. The van der Waals surface area contributed by atoms with E-state index in [-0.39, 0.29) is 0 Å². The highest BCUT2D eigenvalue weighted by atomic mass is 16.5. The first-order valence-corrected chi connectivity index (χ1v) is 12.5. The number of piperidine rings is 1. The minimum Gasteiger partial charge on any atom is -0.493 e. The van der Waals surface area contributed by atoms with Crippen molar-refractivity contribution in [3.63, 3.8) is 0 Å². The first kappa shape index (κ1) is 24.7. The number of hydrogen-bond donors (Lipinski definition) is 0. The lowest BCUT2D eigenvalue weighted by atomic mass is 9.96. The van der Waals surface area contributed by atoms with Gasteiger partial charge in [0.2, 0.25) is 0 Å². The molecule has 1 fully saturated rings. The van der Waals surface area contributed by atoms with E-state index in [1.54, 1.807) is 28.4 Å². The van der Waals surface area contributed by atoms with Gasteiger partial charge in [0.05, 0.1) is 28.4 Å². The molecule has 186 valence electrons. The van der Waals surface area contributed by atoms with Crippen molar-refractivity contribution in [1.29, 1.82) is 0 Å². The molecule has 2 aromatic carbocycles. The Morgan fingerprint density at radius 2 is 1.35 bits per heavy atom. The molecule has 0 N–H and O–H groups in total. The van der Waals surface area contributed by atoms with Crippen LogP contribution < -0.4 is 18.9 Å². The zero-order chi connectivity index (χ0) is 23.9. The number of methoxy groups -OCH3 is 4. The van der Waals surface area contributed by atoms with Crippen LogP contribution in [-0.4, -0.2) is 77.5 Å². The summed E-state index contributed by atoms with van der Waals surface area (Å²) >= 11 is 0. The van der Waals surface area contributed by atoms with Crippen LogP contribution in [-0.2, 0) is 19.3 Å². The number of hydrogen-bond acceptors (Lipinski definition) is 6. The summed E-state index contributed by atoms with van der Waals surface area (Å²) in [6.07, 6.45) is 5.81. The number of benzene rings is 2. The Hall–Kier alpha value is -2.44. The van der Waals surface area contributed by atoms with Gasteiger partial charge in [0.15, 0.2) is 23.0 Å². The van der Waals surface area contributed by atoms with Crippen molar-refractivity contribution >= 4 is 0 Å². The van der Waals surface area contributed by atoms with Gasteiger partial charge in [-0.2, -0.15) is 0 Å². The van der Waals surface area contributed by atoms with E-state index in [4.69, 9.17) is 18.9 Å². The molecule has 0 bridgehead atoms. The van der Waals surface area contributed by atoms with Gasteiger partial charge in [-0.3, -0.25) is 0 Å². The molecule has 4 rings (SSSR count). The first-order valence-electron chi connectivity index (χ1n) is 12.5. The number of nitrogens with zero attached hydrogens (tertiary/aromatic N) is 2. The normalized spacial score (nSPS) is 19.2. The molecule has 34 heavy (non-hydrogen) atoms. The highest BCUT2D eigenvalue weighted by molar-refractivity contribution is 5.48. The van der Waals surface area contributed by atoms with Gasteiger partial charge in [0, 0.05) is 32.7 Å². The summed E-state index contributed by atoms with van der Waals surface area (Å²) in [6, 6.07) is 10.6. The molecule has 1 atom stereocenters. The zero-order valence-electron chi connectivity index (χ0n) is 21.3. The van der Waals surface area contributed by atoms with Gasteiger partial charge < -0.3 is 28.7 Å². The van der Waals surface area contributed by atoms with Crippen LogP contribution in [0.2, 0.25) is 0 Å². The highest BCUT2D eigenvalue weighted by Gasteiger charge is 2.24. The third kappa shape index (κ3) is 5.97. The van der Waals surface area contributed by atoms with Crippen LogP contribution in [0.5, 0.6) is 23.0 Å². The molecule has 2 aromatic rings. The topological polar surface area (TPSA) is 43.4 Å². The number of ether oxygens (including phenoxy) is 4. The fourth-order valence-corrected chi connectivity index (χ4v) is 5.47. The molecule has 0 aromatic heterocycles. The molecule has 0 spiro atoms. The summed E-state index contributed by atoms with van der Waals surface area (Å²) in [5.74, 6) is 4.03. The standard InChI is InChI=1S/C28H40N2O4/c1-31-25-8-7-21(16-26(25)32-2)9-13-29-12-5-6-22(19-29)20-30-14-10-23-17-27(33-3)28(34-4)18-24(23)11-15-30/h7-8,16-18,22H,5-6,9-15,19-20H2,1-4H3. The molecule has 6 heteroatoms. The number of fused-ring (bicyclic) bond motifs is 1. The Labute approximate surface area is 204 Å². The Kier molecular flexibility index (Phi) is 8.57. The van der Waals surface area contributed by atoms with Crippen LogP contribution in [0.15, 0.2) is 30.3 Å². The Morgan fingerprint density at radius 3 is 1.97 bits per heavy atom. The number of rotatable bonds is 9. The van der Waals surface area contributed by atoms with Gasteiger partial charge in [-0.15, -0.1) is 0 Å². The third-order valence-corrected chi connectivity index (χ3v) is 7.38. The van der Waals surface area contributed by atoms with Crippen molar-refractivity contribution in [3.05, 3.63) is 47.0 Å². The maximum absolute atomic E-state index is 5.53. The Bertz CT molecular complexity index is 913. The van der Waals surface area contributed by atoms with E-state index < -0.39 is 0 Å². The maximum atomic E-state index is 5.53. The molecule has 1 saturated heterocycles. The predicted octanol–water partition coefficient (Wildman–Crippen LogP) is 4.08. The van der Waals surface area contributed by atoms with Crippen molar-refractivity contribution in [2.45, 2.75) is 32.1 Å². The van der Waals surface area contributed by atoms with Gasteiger partial charge in [-0.25, -0.2) is 0 Å². The van der Waals surface area contributed by atoms with Crippen LogP contribution in [0, 0.1) is 5.92 Å². The van der Waals surface area contributed by atoms with E-state index in [0.29, 0.717) is 0 Å². The van der Waals surface area contributed by atoms with Gasteiger partial charge >= 0.3 is 0 Å². The highest BCUT2D eigenvalue weighted by Crippen LogP contribution is 2.32. The van der Waals surface area contributed by atoms with E-state index in [1.807, 2.05) is 6.07 Å². The number of likely N-dealkylation sites (tertiary alicyclic amines) is 1. The van der Waals surface area contributed by atoms with E-state index >= 15 is 0 Å². The van der Waals surface area contributed by atoms with Crippen LogP contribution in [0.3, 0.4) is 0 Å². The molecular formula is C28H40N2O4. The summed E-state index contributed by atoms with van der Waals surface area (Å²) in [7, 11) is 6.81. The Balaban J connectivity index is 1.29.